The lowest BCUT2D eigenvalue weighted by molar-refractivity contribution is 0.0407. The quantitative estimate of drug-likeness (QED) is 0.541. The molecule has 0 aliphatic heterocycles. The maximum Gasteiger partial charge on any atom is 0.335 e. The number of rotatable bonds is 4. The number of aromatic carboxylic acids is 2. The second-order valence-electron chi connectivity index (χ2n) is 9.47. The highest BCUT2D eigenvalue weighted by molar-refractivity contribution is 5.93. The van der Waals surface area contributed by atoms with E-state index in [1.165, 1.54) is 0 Å². The number of hydrogen-bond acceptors (Lipinski definition) is 4. The number of aliphatic hydroxyl groups is 1. The first-order valence-corrected chi connectivity index (χ1v) is 11.1. The van der Waals surface area contributed by atoms with E-state index in [9.17, 15) is 24.9 Å². The summed E-state index contributed by atoms with van der Waals surface area (Å²) < 4.78 is 6.34. The molecule has 2 bridgehead atoms. The van der Waals surface area contributed by atoms with Gasteiger partial charge in [-0.1, -0.05) is 24.3 Å². The molecule has 0 aromatic heterocycles. The topological polar surface area (TPSA) is 104 Å². The molecule has 6 nitrogen and oxygen atoms in total. The number of ether oxygens (including phenoxy) is 1. The number of carboxylic acid groups (broad SMARTS) is 2. The summed E-state index contributed by atoms with van der Waals surface area (Å²) in [7, 11) is 1.59. The van der Waals surface area contributed by atoms with Gasteiger partial charge in [-0.25, -0.2) is 9.59 Å². The molecule has 3 N–H and O–H groups in total. The maximum atomic E-state index is 12.1. The molecule has 0 spiro atoms. The van der Waals surface area contributed by atoms with E-state index in [1.807, 2.05) is 38.1 Å². The molecule has 3 aliphatic carbocycles. The van der Waals surface area contributed by atoms with Crippen molar-refractivity contribution < 1.29 is 29.6 Å². The first-order valence-electron chi connectivity index (χ1n) is 11.1. The van der Waals surface area contributed by atoms with Crippen LogP contribution in [-0.2, 0) is 15.8 Å². The highest BCUT2D eigenvalue weighted by Gasteiger charge is 2.60. The van der Waals surface area contributed by atoms with Crippen LogP contribution in [0.15, 0.2) is 36.4 Å². The third-order valence-electron chi connectivity index (χ3n) is 7.88. The van der Waals surface area contributed by atoms with Gasteiger partial charge >= 0.3 is 11.9 Å². The average Bonchev–Trinajstić information content (AvgIpc) is 2.78. The standard InChI is InChI=1S/C28H26O6/c1-13-6-19-22(7-14(13)2)28(34-5)23-9-16(4)17(25(30)31)10-21(23)27(19,12-29)20-8-15(3)18(26(32)33)11-24(20)28/h6-11,29H,12H2,1-5H3,(H,30,31)(H,32,33). The Hall–Kier alpha value is -3.48. The van der Waals surface area contributed by atoms with Crippen LogP contribution in [0.5, 0.6) is 0 Å². The van der Waals surface area contributed by atoms with Gasteiger partial charge in [0.25, 0.3) is 0 Å². The SMILES string of the molecule is COC12c3cc(C)c(C)cc3C(CO)(c3cc(C(=O)O)c(C)cc31)c1cc(C)c(C(=O)O)cc12. The number of benzene rings is 3. The summed E-state index contributed by atoms with van der Waals surface area (Å²) in [4.78, 5) is 24.1. The molecule has 0 heterocycles. The Morgan fingerprint density at radius 3 is 1.47 bits per heavy atom. The van der Waals surface area contributed by atoms with Gasteiger partial charge in [-0.05, 0) is 95.5 Å². The van der Waals surface area contributed by atoms with E-state index in [1.54, 1.807) is 33.1 Å². The molecule has 0 fully saturated rings. The van der Waals surface area contributed by atoms with Crippen molar-refractivity contribution in [2.24, 2.45) is 0 Å². The number of hydrogen-bond donors (Lipinski definition) is 3. The van der Waals surface area contributed by atoms with Crippen molar-refractivity contribution >= 4 is 11.9 Å². The Kier molecular flexibility index (Phi) is 4.60. The zero-order valence-corrected chi connectivity index (χ0v) is 19.7. The van der Waals surface area contributed by atoms with E-state index in [-0.39, 0.29) is 17.7 Å². The van der Waals surface area contributed by atoms with Gasteiger partial charge in [-0.15, -0.1) is 0 Å². The largest absolute Gasteiger partial charge is 0.478 e. The van der Waals surface area contributed by atoms with Gasteiger partial charge in [-0.2, -0.15) is 0 Å². The fourth-order valence-corrected chi connectivity index (χ4v) is 6.08. The van der Waals surface area contributed by atoms with Crippen LogP contribution < -0.4 is 0 Å². The van der Waals surface area contributed by atoms with Crippen LogP contribution in [0.25, 0.3) is 0 Å². The molecule has 0 amide bonds. The fourth-order valence-electron chi connectivity index (χ4n) is 6.08. The summed E-state index contributed by atoms with van der Waals surface area (Å²) in [5.74, 6) is -2.08. The molecule has 2 unspecified atom stereocenters. The van der Waals surface area contributed by atoms with Crippen molar-refractivity contribution in [3.05, 3.63) is 103 Å². The summed E-state index contributed by atoms with van der Waals surface area (Å²) in [5.41, 5.74) is 5.85. The Morgan fingerprint density at radius 2 is 1.03 bits per heavy atom. The van der Waals surface area contributed by atoms with Crippen LogP contribution in [-0.4, -0.2) is 41.0 Å². The Morgan fingerprint density at radius 1 is 0.676 bits per heavy atom. The summed E-state index contributed by atoms with van der Waals surface area (Å²) in [6.07, 6.45) is 0. The normalized spacial score (nSPS) is 21.6. The van der Waals surface area contributed by atoms with Crippen molar-refractivity contribution in [1.82, 2.24) is 0 Å². The van der Waals surface area contributed by atoms with E-state index >= 15 is 0 Å². The number of aryl methyl sites for hydroxylation is 4. The predicted molar refractivity (Wildman–Crippen MR) is 126 cm³/mol. The highest BCUT2D eigenvalue weighted by Crippen LogP contribution is 2.63. The number of carbonyl (C=O) groups is 2. The van der Waals surface area contributed by atoms with Gasteiger partial charge in [0.1, 0.15) is 5.60 Å². The second kappa shape index (κ2) is 7.01. The molecule has 6 heteroatoms. The summed E-state index contributed by atoms with van der Waals surface area (Å²) in [6.45, 7) is 7.17. The molecule has 3 aliphatic rings. The van der Waals surface area contributed by atoms with E-state index in [0.29, 0.717) is 22.3 Å². The molecule has 3 aromatic carbocycles. The zero-order valence-electron chi connectivity index (χ0n) is 19.7. The first kappa shape index (κ1) is 22.3. The fraction of sp³-hybridized carbons (Fsp3) is 0.286. The number of carboxylic acids is 2. The second-order valence-corrected chi connectivity index (χ2v) is 9.47. The minimum absolute atomic E-state index is 0.163. The van der Waals surface area contributed by atoms with Crippen molar-refractivity contribution in [3.63, 3.8) is 0 Å². The number of methoxy groups -OCH3 is 1. The first-order chi connectivity index (χ1) is 16.0. The van der Waals surface area contributed by atoms with Crippen LogP contribution in [0, 0.1) is 27.7 Å². The van der Waals surface area contributed by atoms with Gasteiger partial charge in [-0.3, -0.25) is 0 Å². The van der Waals surface area contributed by atoms with E-state index in [0.717, 1.165) is 33.4 Å². The van der Waals surface area contributed by atoms with Crippen LogP contribution >= 0.6 is 0 Å². The lowest BCUT2D eigenvalue weighted by Gasteiger charge is -2.55. The third kappa shape index (κ3) is 2.42. The molecule has 174 valence electrons. The molecular weight excluding hydrogens is 432 g/mol. The van der Waals surface area contributed by atoms with Gasteiger partial charge in [0.2, 0.25) is 0 Å². The maximum absolute atomic E-state index is 12.1. The molecule has 6 rings (SSSR count). The van der Waals surface area contributed by atoms with Gasteiger partial charge in [0.05, 0.1) is 23.1 Å². The molecule has 3 aromatic rings. The minimum atomic E-state index is -1.14. The van der Waals surface area contributed by atoms with E-state index < -0.39 is 23.0 Å². The lowest BCUT2D eigenvalue weighted by atomic mass is 9.50. The highest BCUT2D eigenvalue weighted by atomic mass is 16.5. The van der Waals surface area contributed by atoms with Crippen molar-refractivity contribution in [1.29, 1.82) is 0 Å². The van der Waals surface area contributed by atoms with Crippen molar-refractivity contribution in [3.8, 4) is 0 Å². The molecule has 0 radical (unpaired) electrons. The van der Waals surface area contributed by atoms with Crippen LogP contribution in [0.2, 0.25) is 0 Å². The number of aliphatic hydroxyl groups excluding tert-OH is 1. The van der Waals surface area contributed by atoms with Crippen LogP contribution in [0.1, 0.15) is 76.4 Å². The van der Waals surface area contributed by atoms with E-state index in [2.05, 4.69) is 0 Å². The summed E-state index contributed by atoms with van der Waals surface area (Å²) in [5, 5.41) is 30.8. The van der Waals surface area contributed by atoms with Gasteiger partial charge in [0, 0.05) is 7.11 Å². The minimum Gasteiger partial charge on any atom is -0.478 e. The van der Waals surface area contributed by atoms with Crippen molar-refractivity contribution in [2.45, 2.75) is 38.7 Å². The molecule has 34 heavy (non-hydrogen) atoms. The Balaban J connectivity index is 2.06. The van der Waals surface area contributed by atoms with Gasteiger partial charge in [0.15, 0.2) is 0 Å². The predicted octanol–water partition coefficient (Wildman–Crippen LogP) is 4.21. The van der Waals surface area contributed by atoms with Crippen LogP contribution in [0.3, 0.4) is 0 Å². The smallest absolute Gasteiger partial charge is 0.335 e. The monoisotopic (exact) mass is 458 g/mol. The van der Waals surface area contributed by atoms with E-state index in [4.69, 9.17) is 4.74 Å². The van der Waals surface area contributed by atoms with Gasteiger partial charge < -0.3 is 20.1 Å². The molecule has 0 saturated heterocycles. The molecule has 2 atom stereocenters. The molecular formula is C28H26O6. The summed E-state index contributed by atoms with van der Waals surface area (Å²) in [6, 6.07) is 11.0. The zero-order chi connectivity index (χ0) is 24.7. The Labute approximate surface area is 197 Å². The lowest BCUT2D eigenvalue weighted by Crippen LogP contribution is -2.53. The third-order valence-corrected chi connectivity index (χ3v) is 7.88. The van der Waals surface area contributed by atoms with Crippen LogP contribution in [0.4, 0.5) is 0 Å². The molecule has 0 saturated carbocycles. The Bertz CT molecular complexity index is 1330. The summed E-state index contributed by atoms with van der Waals surface area (Å²) >= 11 is 0. The van der Waals surface area contributed by atoms with Crippen molar-refractivity contribution in [2.75, 3.05) is 13.7 Å². The average molecular weight is 459 g/mol.